The number of nitrogens with one attached hydrogen (secondary N) is 1. The second-order valence-corrected chi connectivity index (χ2v) is 8.87. The highest BCUT2D eigenvalue weighted by atomic mass is 32.2. The van der Waals surface area contributed by atoms with Gasteiger partial charge >= 0.3 is 0 Å². The predicted molar refractivity (Wildman–Crippen MR) is 147 cm³/mol. The molecule has 0 unspecified atom stereocenters. The maximum atomic E-state index is 12.5. The number of nitrogens with zero attached hydrogens (tertiary/aromatic N) is 4. The first-order valence-electron chi connectivity index (χ1n) is 11.5. The number of hydrogen-bond donors (Lipinski definition) is 1. The molecule has 1 N–H and O–H groups in total. The van der Waals surface area contributed by atoms with E-state index in [-0.39, 0.29) is 11.7 Å². The van der Waals surface area contributed by atoms with Crippen LogP contribution in [-0.2, 0) is 4.79 Å². The van der Waals surface area contributed by atoms with Crippen LogP contribution in [0.3, 0.4) is 0 Å². The third-order valence-electron chi connectivity index (χ3n) is 5.27. The highest BCUT2D eigenvalue weighted by Gasteiger charge is 2.18. The number of hydrazone groups is 1. The van der Waals surface area contributed by atoms with Crippen LogP contribution in [0.4, 0.5) is 0 Å². The Bertz CT molecular complexity index is 1400. The van der Waals surface area contributed by atoms with Crippen molar-refractivity contribution in [2.45, 2.75) is 12.1 Å². The second-order valence-electron chi connectivity index (χ2n) is 7.93. The van der Waals surface area contributed by atoms with Crippen molar-refractivity contribution in [1.29, 1.82) is 0 Å². The Morgan fingerprint density at radius 1 is 0.973 bits per heavy atom. The summed E-state index contributed by atoms with van der Waals surface area (Å²) in [5, 5.41) is 13.4. The second kappa shape index (κ2) is 12.5. The molecule has 0 aliphatic heterocycles. The van der Waals surface area contributed by atoms with Crippen molar-refractivity contribution >= 4 is 30.0 Å². The predicted octanol–water partition coefficient (Wildman–Crippen LogP) is 5.25. The SMILES string of the molecule is COc1ccc(-c2nnc(SCC(=O)N/N=C\C(C)=C\c3ccccc3)n2-c2ccccc2)cc1OC. The summed E-state index contributed by atoms with van der Waals surface area (Å²) in [5.74, 6) is 1.71. The van der Waals surface area contributed by atoms with Gasteiger partial charge in [0.2, 0.25) is 0 Å². The summed E-state index contributed by atoms with van der Waals surface area (Å²) in [6.07, 6.45) is 3.61. The molecule has 1 heterocycles. The van der Waals surface area contributed by atoms with Gasteiger partial charge in [0.25, 0.3) is 5.91 Å². The van der Waals surface area contributed by atoms with Gasteiger partial charge in [-0.3, -0.25) is 9.36 Å². The van der Waals surface area contributed by atoms with Crippen LogP contribution in [-0.4, -0.2) is 46.9 Å². The Balaban J connectivity index is 1.50. The monoisotopic (exact) mass is 513 g/mol. The molecule has 0 atom stereocenters. The van der Waals surface area contributed by atoms with E-state index >= 15 is 0 Å². The molecule has 0 aliphatic rings. The number of allylic oxidation sites excluding steroid dienone is 1. The highest BCUT2D eigenvalue weighted by molar-refractivity contribution is 7.99. The van der Waals surface area contributed by atoms with E-state index in [1.54, 1.807) is 20.4 Å². The molecule has 9 heteroatoms. The first kappa shape index (κ1) is 25.7. The van der Waals surface area contributed by atoms with E-state index < -0.39 is 0 Å². The van der Waals surface area contributed by atoms with E-state index in [2.05, 4.69) is 20.7 Å². The first-order chi connectivity index (χ1) is 18.1. The molecule has 0 aliphatic carbocycles. The zero-order valence-electron chi connectivity index (χ0n) is 20.8. The number of benzene rings is 3. The number of methoxy groups -OCH3 is 2. The molecular weight excluding hydrogens is 486 g/mol. The fraction of sp³-hybridized carbons (Fsp3) is 0.143. The number of aromatic nitrogens is 3. The minimum Gasteiger partial charge on any atom is -0.493 e. The average molecular weight is 514 g/mol. The number of thioether (sulfide) groups is 1. The lowest BCUT2D eigenvalue weighted by molar-refractivity contribution is -0.118. The minimum atomic E-state index is -0.246. The van der Waals surface area contributed by atoms with Crippen LogP contribution < -0.4 is 14.9 Å². The Kier molecular flexibility index (Phi) is 8.72. The third kappa shape index (κ3) is 6.65. The van der Waals surface area contributed by atoms with Gasteiger partial charge in [-0.1, -0.05) is 66.4 Å². The third-order valence-corrected chi connectivity index (χ3v) is 6.20. The minimum absolute atomic E-state index is 0.121. The van der Waals surface area contributed by atoms with Gasteiger partial charge in [-0.25, -0.2) is 5.43 Å². The molecule has 3 aromatic carbocycles. The summed E-state index contributed by atoms with van der Waals surface area (Å²) in [5.41, 5.74) is 6.24. The molecular formula is C28H27N5O3S. The van der Waals surface area contributed by atoms with E-state index in [9.17, 15) is 4.79 Å². The van der Waals surface area contributed by atoms with Gasteiger partial charge in [-0.2, -0.15) is 5.10 Å². The summed E-state index contributed by atoms with van der Waals surface area (Å²) in [7, 11) is 3.18. The van der Waals surface area contributed by atoms with E-state index in [0.29, 0.717) is 22.5 Å². The van der Waals surface area contributed by atoms with Gasteiger partial charge < -0.3 is 9.47 Å². The highest BCUT2D eigenvalue weighted by Crippen LogP contribution is 2.34. The number of para-hydroxylation sites is 1. The van der Waals surface area contributed by atoms with Crippen LogP contribution in [0.5, 0.6) is 11.5 Å². The smallest absolute Gasteiger partial charge is 0.250 e. The van der Waals surface area contributed by atoms with Crippen LogP contribution in [0.15, 0.2) is 94.7 Å². The van der Waals surface area contributed by atoms with Gasteiger partial charge in [-0.15, -0.1) is 10.2 Å². The molecule has 4 rings (SSSR count). The van der Waals surface area contributed by atoms with Crippen molar-refractivity contribution in [2.24, 2.45) is 5.10 Å². The topological polar surface area (TPSA) is 90.6 Å². The average Bonchev–Trinajstić information content (AvgIpc) is 3.36. The van der Waals surface area contributed by atoms with Crippen molar-refractivity contribution in [2.75, 3.05) is 20.0 Å². The van der Waals surface area contributed by atoms with E-state index in [0.717, 1.165) is 22.4 Å². The number of carbonyl (C=O) groups excluding carboxylic acids is 1. The van der Waals surface area contributed by atoms with Crippen molar-refractivity contribution < 1.29 is 14.3 Å². The van der Waals surface area contributed by atoms with E-state index in [4.69, 9.17) is 9.47 Å². The standard InChI is InChI=1S/C28H27N5O3S/c1-20(16-21-10-6-4-7-11-21)18-29-30-26(34)19-37-28-32-31-27(33(28)23-12-8-5-9-13-23)22-14-15-24(35-2)25(17-22)36-3/h4-18H,19H2,1-3H3,(H,30,34)/b20-16+,29-18-. The molecule has 8 nitrogen and oxygen atoms in total. The zero-order chi connectivity index (χ0) is 26.0. The zero-order valence-corrected chi connectivity index (χ0v) is 21.6. The van der Waals surface area contributed by atoms with Gasteiger partial charge in [0.05, 0.1) is 26.2 Å². The first-order valence-corrected chi connectivity index (χ1v) is 12.5. The van der Waals surface area contributed by atoms with Crippen LogP contribution in [0.2, 0.25) is 0 Å². The molecule has 188 valence electrons. The molecule has 0 spiro atoms. The summed E-state index contributed by atoms with van der Waals surface area (Å²) < 4.78 is 12.7. The number of ether oxygens (including phenoxy) is 2. The summed E-state index contributed by atoms with van der Waals surface area (Å²) in [4.78, 5) is 12.5. The molecule has 0 radical (unpaired) electrons. The molecule has 4 aromatic rings. The molecule has 0 saturated heterocycles. The summed E-state index contributed by atoms with van der Waals surface area (Å²) in [6, 6.07) is 25.2. The maximum Gasteiger partial charge on any atom is 0.250 e. The van der Waals surface area contributed by atoms with Crippen molar-refractivity contribution in [1.82, 2.24) is 20.2 Å². The van der Waals surface area contributed by atoms with Gasteiger partial charge in [0.15, 0.2) is 22.5 Å². The van der Waals surface area contributed by atoms with Gasteiger partial charge in [-0.05, 0) is 48.4 Å². The van der Waals surface area contributed by atoms with E-state index in [1.807, 2.05) is 96.4 Å². The van der Waals surface area contributed by atoms with Gasteiger partial charge in [0, 0.05) is 11.3 Å². The summed E-state index contributed by atoms with van der Waals surface area (Å²) >= 11 is 1.28. The Hall–Kier alpha value is -4.37. The molecule has 0 saturated carbocycles. The lowest BCUT2D eigenvalue weighted by atomic mass is 10.1. The van der Waals surface area contributed by atoms with Crippen LogP contribution in [0, 0.1) is 0 Å². The normalized spacial score (nSPS) is 11.5. The van der Waals surface area contributed by atoms with E-state index in [1.165, 1.54) is 11.8 Å². The summed E-state index contributed by atoms with van der Waals surface area (Å²) in [6.45, 7) is 1.93. The lowest BCUT2D eigenvalue weighted by Gasteiger charge is -2.12. The fourth-order valence-electron chi connectivity index (χ4n) is 3.55. The largest absolute Gasteiger partial charge is 0.493 e. The number of hydrogen-bond acceptors (Lipinski definition) is 7. The fourth-order valence-corrected chi connectivity index (χ4v) is 4.30. The maximum absolute atomic E-state index is 12.5. The molecule has 0 bridgehead atoms. The van der Waals surface area contributed by atoms with Gasteiger partial charge in [0.1, 0.15) is 0 Å². The van der Waals surface area contributed by atoms with Crippen LogP contribution in [0.1, 0.15) is 12.5 Å². The lowest BCUT2D eigenvalue weighted by Crippen LogP contribution is -2.20. The van der Waals surface area contributed by atoms with Crippen molar-refractivity contribution in [3.05, 3.63) is 90.0 Å². The molecule has 1 amide bonds. The molecule has 37 heavy (non-hydrogen) atoms. The molecule has 1 aromatic heterocycles. The molecule has 0 fully saturated rings. The van der Waals surface area contributed by atoms with Crippen molar-refractivity contribution in [3.8, 4) is 28.6 Å². The Morgan fingerprint density at radius 2 is 1.68 bits per heavy atom. The number of carbonyl (C=O) groups is 1. The Labute approximate surface area is 220 Å². The number of rotatable bonds is 10. The van der Waals surface area contributed by atoms with Crippen LogP contribution in [0.25, 0.3) is 23.2 Å². The van der Waals surface area contributed by atoms with Crippen LogP contribution >= 0.6 is 11.8 Å². The number of amides is 1. The van der Waals surface area contributed by atoms with Crippen molar-refractivity contribution in [3.63, 3.8) is 0 Å². The Morgan fingerprint density at radius 3 is 2.38 bits per heavy atom. The quantitative estimate of drug-likeness (QED) is 0.177.